The van der Waals surface area contributed by atoms with E-state index in [0.717, 1.165) is 19.3 Å². The quantitative estimate of drug-likeness (QED) is 0.752. The molecule has 1 unspecified atom stereocenters. The van der Waals surface area contributed by atoms with Crippen LogP contribution in [0.1, 0.15) is 37.6 Å². The van der Waals surface area contributed by atoms with Crippen molar-refractivity contribution in [1.82, 2.24) is 14.1 Å². The highest BCUT2D eigenvalue weighted by Gasteiger charge is 2.35. The minimum absolute atomic E-state index is 0.366. The van der Waals surface area contributed by atoms with Crippen molar-refractivity contribution in [3.8, 4) is 0 Å². The zero-order valence-corrected chi connectivity index (χ0v) is 14.5. The predicted molar refractivity (Wildman–Crippen MR) is 84.2 cm³/mol. The minimum atomic E-state index is -3.44. The summed E-state index contributed by atoms with van der Waals surface area (Å²) in [6.07, 6.45) is 3.15. The van der Waals surface area contributed by atoms with Crippen LogP contribution in [0.15, 0.2) is 4.90 Å². The van der Waals surface area contributed by atoms with E-state index in [4.69, 9.17) is 11.6 Å². The van der Waals surface area contributed by atoms with Gasteiger partial charge in [-0.25, -0.2) is 8.42 Å². The Kier molecular flexibility index (Phi) is 5.33. The smallest absolute Gasteiger partial charge is 0.246 e. The van der Waals surface area contributed by atoms with Gasteiger partial charge in [0.1, 0.15) is 4.90 Å². The SMILES string of the molecule is CCCC1CCN(S(=O)(=O)c2c(C)nn(CCCl)c2C)C1. The molecule has 1 saturated heterocycles. The molecule has 2 heterocycles. The highest BCUT2D eigenvalue weighted by atomic mass is 35.5. The molecule has 120 valence electrons. The molecular weight excluding hydrogens is 310 g/mol. The van der Waals surface area contributed by atoms with Crippen molar-refractivity contribution < 1.29 is 8.42 Å². The van der Waals surface area contributed by atoms with Crippen LogP contribution in [-0.4, -0.2) is 41.5 Å². The zero-order chi connectivity index (χ0) is 15.6. The normalized spacial score (nSPS) is 20.3. The van der Waals surface area contributed by atoms with Gasteiger partial charge in [-0.2, -0.15) is 9.40 Å². The standard InChI is InChI=1S/C14H24ClN3O2S/c1-4-5-13-6-8-17(10-13)21(19,20)14-11(2)16-18(9-7-15)12(14)3/h13H,4-10H2,1-3H3. The Hall–Kier alpha value is -0.590. The lowest BCUT2D eigenvalue weighted by Gasteiger charge is -2.17. The van der Waals surface area contributed by atoms with Gasteiger partial charge in [-0.05, 0) is 32.6 Å². The van der Waals surface area contributed by atoms with Gasteiger partial charge in [-0.1, -0.05) is 13.3 Å². The van der Waals surface area contributed by atoms with Gasteiger partial charge >= 0.3 is 0 Å². The Morgan fingerprint density at radius 2 is 2.10 bits per heavy atom. The van der Waals surface area contributed by atoms with Crippen molar-refractivity contribution in [2.75, 3.05) is 19.0 Å². The Morgan fingerprint density at radius 1 is 1.38 bits per heavy atom. The Labute approximate surface area is 132 Å². The van der Waals surface area contributed by atoms with Crippen LogP contribution in [-0.2, 0) is 16.6 Å². The molecule has 0 aliphatic carbocycles. The number of hydrogen-bond donors (Lipinski definition) is 0. The molecule has 0 spiro atoms. The van der Waals surface area contributed by atoms with Gasteiger partial charge in [-0.3, -0.25) is 4.68 Å². The third-order valence-electron chi connectivity index (χ3n) is 4.15. The highest BCUT2D eigenvalue weighted by molar-refractivity contribution is 7.89. The van der Waals surface area contributed by atoms with Crippen LogP contribution < -0.4 is 0 Å². The Bertz CT molecular complexity index is 598. The van der Waals surface area contributed by atoms with Crippen LogP contribution >= 0.6 is 11.6 Å². The third kappa shape index (κ3) is 3.27. The topological polar surface area (TPSA) is 55.2 Å². The summed E-state index contributed by atoms with van der Waals surface area (Å²) in [4.78, 5) is 0.366. The number of aryl methyl sites for hydroxylation is 2. The van der Waals surface area contributed by atoms with E-state index in [2.05, 4.69) is 12.0 Å². The number of hydrogen-bond acceptors (Lipinski definition) is 3. The highest BCUT2D eigenvalue weighted by Crippen LogP contribution is 2.29. The summed E-state index contributed by atoms with van der Waals surface area (Å²) in [6, 6.07) is 0. The second kappa shape index (κ2) is 6.67. The van der Waals surface area contributed by atoms with Crippen molar-refractivity contribution in [3.05, 3.63) is 11.4 Å². The number of halogens is 1. The van der Waals surface area contributed by atoms with Gasteiger partial charge in [0.15, 0.2) is 0 Å². The first-order chi connectivity index (χ1) is 9.91. The molecule has 0 N–H and O–H groups in total. The molecule has 2 rings (SSSR count). The van der Waals surface area contributed by atoms with Crippen molar-refractivity contribution >= 4 is 21.6 Å². The largest absolute Gasteiger partial charge is 0.267 e. The van der Waals surface area contributed by atoms with Gasteiger partial charge in [0.05, 0.1) is 17.9 Å². The van der Waals surface area contributed by atoms with E-state index in [-0.39, 0.29) is 0 Å². The molecule has 21 heavy (non-hydrogen) atoms. The molecule has 5 nitrogen and oxygen atoms in total. The number of nitrogens with zero attached hydrogens (tertiary/aromatic N) is 3. The van der Waals surface area contributed by atoms with Crippen molar-refractivity contribution in [3.63, 3.8) is 0 Å². The molecule has 1 aromatic heterocycles. The van der Waals surface area contributed by atoms with Crippen molar-refractivity contribution in [2.24, 2.45) is 5.92 Å². The van der Waals surface area contributed by atoms with E-state index in [1.807, 2.05) is 0 Å². The summed E-state index contributed by atoms with van der Waals surface area (Å²) < 4.78 is 29.1. The molecule has 0 radical (unpaired) electrons. The van der Waals surface area contributed by atoms with Crippen molar-refractivity contribution in [1.29, 1.82) is 0 Å². The lowest BCUT2D eigenvalue weighted by atomic mass is 10.0. The summed E-state index contributed by atoms with van der Waals surface area (Å²) >= 11 is 5.74. The molecule has 1 aliphatic heterocycles. The van der Waals surface area contributed by atoms with Crippen LogP contribution in [0.2, 0.25) is 0 Å². The van der Waals surface area contributed by atoms with E-state index in [1.165, 1.54) is 0 Å². The Morgan fingerprint density at radius 3 is 2.71 bits per heavy atom. The van der Waals surface area contributed by atoms with Gasteiger partial charge in [0.2, 0.25) is 10.0 Å². The average molecular weight is 334 g/mol. The number of alkyl halides is 1. The fourth-order valence-corrected chi connectivity index (χ4v) is 5.20. The van der Waals surface area contributed by atoms with Gasteiger partial charge < -0.3 is 0 Å². The van der Waals surface area contributed by atoms with Crippen molar-refractivity contribution in [2.45, 2.75) is 51.5 Å². The molecule has 0 saturated carbocycles. The average Bonchev–Trinajstić information content (AvgIpc) is 2.97. The second-order valence-electron chi connectivity index (χ2n) is 5.72. The third-order valence-corrected chi connectivity index (χ3v) is 6.44. The van der Waals surface area contributed by atoms with Crippen LogP contribution in [0, 0.1) is 19.8 Å². The molecule has 7 heteroatoms. The van der Waals surface area contributed by atoms with Crippen LogP contribution in [0.25, 0.3) is 0 Å². The number of aromatic nitrogens is 2. The molecule has 0 bridgehead atoms. The first-order valence-electron chi connectivity index (χ1n) is 7.52. The summed E-state index contributed by atoms with van der Waals surface area (Å²) in [7, 11) is -3.44. The van der Waals surface area contributed by atoms with E-state index in [1.54, 1.807) is 22.8 Å². The summed E-state index contributed by atoms with van der Waals surface area (Å²) in [5.74, 6) is 0.910. The maximum absolute atomic E-state index is 12.9. The number of rotatable bonds is 6. The van der Waals surface area contributed by atoms with E-state index in [0.29, 0.717) is 47.7 Å². The molecular formula is C14H24ClN3O2S. The molecule has 0 amide bonds. The van der Waals surface area contributed by atoms with Gasteiger partial charge in [0.25, 0.3) is 0 Å². The fraction of sp³-hybridized carbons (Fsp3) is 0.786. The van der Waals surface area contributed by atoms with E-state index >= 15 is 0 Å². The zero-order valence-electron chi connectivity index (χ0n) is 13.0. The lowest BCUT2D eigenvalue weighted by molar-refractivity contribution is 0.444. The number of sulfonamides is 1. The summed E-state index contributed by atoms with van der Waals surface area (Å²) in [5, 5.41) is 4.32. The van der Waals surface area contributed by atoms with Crippen LogP contribution in [0.4, 0.5) is 0 Å². The van der Waals surface area contributed by atoms with Gasteiger partial charge in [0, 0.05) is 19.0 Å². The predicted octanol–water partition coefficient (Wildman–Crippen LogP) is 2.55. The summed E-state index contributed by atoms with van der Waals surface area (Å²) in [6.45, 7) is 7.48. The molecule has 1 aliphatic rings. The monoisotopic (exact) mass is 333 g/mol. The fourth-order valence-electron chi connectivity index (χ4n) is 3.14. The molecule has 0 aromatic carbocycles. The maximum Gasteiger partial charge on any atom is 0.246 e. The first kappa shape index (κ1) is 16.8. The second-order valence-corrected chi connectivity index (χ2v) is 7.97. The van der Waals surface area contributed by atoms with Crippen LogP contribution in [0.3, 0.4) is 0 Å². The molecule has 1 fully saturated rings. The summed E-state index contributed by atoms with van der Waals surface area (Å²) in [5.41, 5.74) is 1.25. The maximum atomic E-state index is 12.9. The molecule has 1 atom stereocenters. The first-order valence-corrected chi connectivity index (χ1v) is 9.49. The van der Waals surface area contributed by atoms with E-state index in [9.17, 15) is 8.42 Å². The van der Waals surface area contributed by atoms with Gasteiger partial charge in [-0.15, -0.1) is 11.6 Å². The van der Waals surface area contributed by atoms with E-state index < -0.39 is 10.0 Å². The van der Waals surface area contributed by atoms with Crippen LogP contribution in [0.5, 0.6) is 0 Å². The Balaban J connectivity index is 2.28. The lowest BCUT2D eigenvalue weighted by Crippen LogP contribution is -2.29. The minimum Gasteiger partial charge on any atom is -0.267 e. The molecule has 1 aromatic rings.